The van der Waals surface area contributed by atoms with Gasteiger partial charge in [0.05, 0.1) is 6.61 Å². The Bertz CT molecular complexity index is 1030. The van der Waals surface area contributed by atoms with Crippen molar-refractivity contribution in [1.82, 2.24) is 0 Å². The maximum absolute atomic E-state index is 14.0. The number of halogens is 4. The Hall–Kier alpha value is -2.60. The molecule has 0 radical (unpaired) electrons. The van der Waals surface area contributed by atoms with Crippen LogP contribution < -0.4 is 0 Å². The molecule has 0 aromatic heterocycles. The first-order valence-electron chi connectivity index (χ1n) is 7.84. The highest BCUT2D eigenvalue weighted by Crippen LogP contribution is 2.29. The van der Waals surface area contributed by atoms with E-state index in [0.29, 0.717) is 16.7 Å². The minimum atomic E-state index is -5.46. The summed E-state index contributed by atoms with van der Waals surface area (Å²) in [6.07, 6.45) is 0. The van der Waals surface area contributed by atoms with Crippen LogP contribution >= 0.6 is 11.8 Å². The number of carbonyl (C=O) groups excluding carboxylic acids is 1. The molecule has 0 amide bonds. The minimum Gasteiger partial charge on any atom is -0.461 e. The van der Waals surface area contributed by atoms with Crippen LogP contribution in [0.2, 0.25) is 0 Å². The van der Waals surface area contributed by atoms with Gasteiger partial charge in [-0.25, -0.2) is 22.4 Å². The van der Waals surface area contributed by atoms with Gasteiger partial charge < -0.3 is 4.74 Å². The normalized spacial score (nSPS) is 12.0. The van der Waals surface area contributed by atoms with Gasteiger partial charge >= 0.3 is 16.1 Å². The summed E-state index contributed by atoms with van der Waals surface area (Å²) in [6.45, 7) is 2.11. The molecule has 0 heterocycles. The Balaban J connectivity index is 2.45. The lowest BCUT2D eigenvalue weighted by atomic mass is 10.2. The Labute approximate surface area is 167 Å². The summed E-state index contributed by atoms with van der Waals surface area (Å²) in [4.78, 5) is 10.4. The van der Waals surface area contributed by atoms with E-state index in [-0.39, 0.29) is 6.61 Å². The van der Waals surface area contributed by atoms with Crippen molar-refractivity contribution in [2.45, 2.75) is 23.6 Å². The fourth-order valence-corrected chi connectivity index (χ4v) is 3.60. The molecule has 29 heavy (non-hydrogen) atoms. The van der Waals surface area contributed by atoms with Crippen LogP contribution in [0.25, 0.3) is 0 Å². The number of oxime groups is 1. The first kappa shape index (κ1) is 22.7. The Morgan fingerprint density at radius 1 is 1.03 bits per heavy atom. The molecule has 2 rings (SSSR count). The number of thioether (sulfide) groups is 1. The molecule has 0 aliphatic heterocycles. The van der Waals surface area contributed by atoms with E-state index in [1.165, 1.54) is 6.92 Å². The molecule has 0 bridgehead atoms. The Kier molecular flexibility index (Phi) is 7.25. The van der Waals surface area contributed by atoms with Crippen LogP contribution in [0, 0.1) is 30.2 Å². The maximum Gasteiger partial charge on any atom is 0.367 e. The summed E-state index contributed by atoms with van der Waals surface area (Å²) >= 11 is 0.640. The zero-order chi connectivity index (χ0) is 21.8. The zero-order valence-corrected chi connectivity index (χ0v) is 16.5. The zero-order valence-electron chi connectivity index (χ0n) is 14.9. The summed E-state index contributed by atoms with van der Waals surface area (Å²) in [5.74, 6) is -9.24. The molecule has 0 aliphatic carbocycles. The molecule has 0 spiro atoms. The summed E-state index contributed by atoms with van der Waals surface area (Å²) < 4.78 is 88.4. The molecule has 2 aromatic rings. The third kappa shape index (κ3) is 5.07. The van der Waals surface area contributed by atoms with Crippen molar-refractivity contribution >= 4 is 32.9 Å². The summed E-state index contributed by atoms with van der Waals surface area (Å²) in [6, 6.07) is 8.02. The highest BCUT2D eigenvalue weighted by atomic mass is 32.2. The molecule has 0 fully saturated rings. The number of carbonyl (C=O) groups is 1. The van der Waals surface area contributed by atoms with E-state index in [1.54, 1.807) is 30.3 Å². The van der Waals surface area contributed by atoms with Gasteiger partial charge in [0.2, 0.25) is 5.04 Å². The van der Waals surface area contributed by atoms with Crippen LogP contribution in [-0.4, -0.2) is 26.0 Å². The van der Waals surface area contributed by atoms with Crippen molar-refractivity contribution in [3.05, 3.63) is 59.2 Å². The van der Waals surface area contributed by atoms with Crippen molar-refractivity contribution < 1.29 is 39.8 Å². The lowest BCUT2D eigenvalue weighted by molar-refractivity contribution is -0.134. The molecule has 0 N–H and O–H groups in total. The van der Waals surface area contributed by atoms with Gasteiger partial charge in [0, 0.05) is 10.5 Å². The maximum atomic E-state index is 14.0. The number of esters is 1. The quantitative estimate of drug-likeness (QED) is 0.130. The van der Waals surface area contributed by atoms with Crippen LogP contribution in [-0.2, 0) is 23.9 Å². The van der Waals surface area contributed by atoms with Crippen LogP contribution in [0.1, 0.15) is 12.5 Å². The smallest absolute Gasteiger partial charge is 0.367 e. The summed E-state index contributed by atoms with van der Waals surface area (Å²) in [5.41, 5.74) is -1.05. The van der Waals surface area contributed by atoms with Crippen LogP contribution in [0.15, 0.2) is 45.3 Å². The topological polar surface area (TPSA) is 82.0 Å². The number of rotatable bonds is 5. The van der Waals surface area contributed by atoms with E-state index in [2.05, 4.69) is 9.44 Å². The third-order valence-electron chi connectivity index (χ3n) is 3.32. The number of ether oxygens (including phenoxy) is 1. The fourth-order valence-electron chi connectivity index (χ4n) is 1.95. The van der Waals surface area contributed by atoms with E-state index in [9.17, 15) is 30.8 Å². The average molecular weight is 451 g/mol. The highest BCUT2D eigenvalue weighted by molar-refractivity contribution is 8.15. The van der Waals surface area contributed by atoms with Crippen molar-refractivity contribution in [2.75, 3.05) is 6.61 Å². The summed E-state index contributed by atoms with van der Waals surface area (Å²) in [7, 11) is -5.46. The van der Waals surface area contributed by atoms with Gasteiger partial charge in [-0.2, -0.15) is 8.42 Å². The van der Waals surface area contributed by atoms with Gasteiger partial charge in [0.25, 0.3) is 0 Å². The third-order valence-corrected chi connectivity index (χ3v) is 5.39. The minimum absolute atomic E-state index is 0.0857. The molecule has 12 heteroatoms. The largest absolute Gasteiger partial charge is 0.461 e. The molecule has 0 unspecified atom stereocenters. The van der Waals surface area contributed by atoms with Gasteiger partial charge in [0.1, 0.15) is 0 Å². The first-order valence-corrected chi connectivity index (χ1v) is 10.1. The molecule has 0 saturated heterocycles. The van der Waals surface area contributed by atoms with Gasteiger partial charge in [0.15, 0.2) is 28.2 Å². The first-order chi connectivity index (χ1) is 13.6. The molecule has 0 aliphatic rings. The van der Waals surface area contributed by atoms with E-state index < -0.39 is 54.9 Å². The fraction of sp³-hybridized carbons (Fsp3) is 0.176. The predicted octanol–water partition coefficient (Wildman–Crippen LogP) is 3.93. The molecule has 0 atom stereocenters. The summed E-state index contributed by atoms with van der Waals surface area (Å²) in [5, 5.41) is 2.46. The molecule has 6 nitrogen and oxygen atoms in total. The average Bonchev–Trinajstić information content (AvgIpc) is 2.69. The highest BCUT2D eigenvalue weighted by Gasteiger charge is 2.34. The van der Waals surface area contributed by atoms with E-state index in [4.69, 9.17) is 4.74 Å². The standard InChI is InChI=1S/C17H13F4NO5S2/c1-3-26-17(23)16(28-10-7-5-4-6-8-10)22-27-29(24,25)15-13(20)11(18)9(2)12(19)14(15)21/h4-8H,3H2,1-2H3/b22-16-. The van der Waals surface area contributed by atoms with Crippen LogP contribution in [0.3, 0.4) is 0 Å². The number of hydrogen-bond acceptors (Lipinski definition) is 7. The molecule has 2 aromatic carbocycles. The van der Waals surface area contributed by atoms with Crippen LogP contribution in [0.5, 0.6) is 0 Å². The Morgan fingerprint density at radius 2 is 1.59 bits per heavy atom. The lowest BCUT2D eigenvalue weighted by Crippen LogP contribution is -2.17. The van der Waals surface area contributed by atoms with E-state index >= 15 is 0 Å². The second kappa shape index (κ2) is 9.27. The van der Waals surface area contributed by atoms with Gasteiger partial charge in [-0.1, -0.05) is 30.0 Å². The van der Waals surface area contributed by atoms with Crippen LogP contribution in [0.4, 0.5) is 17.6 Å². The molecule has 0 saturated carbocycles. The van der Waals surface area contributed by atoms with Crippen molar-refractivity contribution in [3.63, 3.8) is 0 Å². The number of benzene rings is 2. The molecular weight excluding hydrogens is 438 g/mol. The second-order valence-corrected chi connectivity index (χ2v) is 7.80. The van der Waals surface area contributed by atoms with Crippen molar-refractivity contribution in [3.8, 4) is 0 Å². The van der Waals surface area contributed by atoms with E-state index in [0.717, 1.165) is 6.92 Å². The molecular formula is C17H13F4NO5S2. The van der Waals surface area contributed by atoms with Crippen molar-refractivity contribution in [2.24, 2.45) is 5.16 Å². The second-order valence-electron chi connectivity index (χ2n) is 5.27. The monoisotopic (exact) mass is 451 g/mol. The van der Waals surface area contributed by atoms with Crippen molar-refractivity contribution in [1.29, 1.82) is 0 Å². The SMILES string of the molecule is CCOC(=O)/C(=N/OS(=O)(=O)c1c(F)c(F)c(C)c(F)c1F)Sc1ccccc1. The number of hydrogen-bond donors (Lipinski definition) is 0. The molecule has 156 valence electrons. The van der Waals surface area contributed by atoms with E-state index in [1.807, 2.05) is 0 Å². The lowest BCUT2D eigenvalue weighted by Gasteiger charge is -2.09. The number of nitrogens with zero attached hydrogens (tertiary/aromatic N) is 1. The van der Waals surface area contributed by atoms with Gasteiger partial charge in [-0.3, -0.25) is 4.28 Å². The van der Waals surface area contributed by atoms with Gasteiger partial charge in [-0.15, -0.1) is 0 Å². The van der Waals surface area contributed by atoms with Gasteiger partial charge in [-0.05, 0) is 31.1 Å². The predicted molar refractivity (Wildman–Crippen MR) is 95.6 cm³/mol. The Morgan fingerprint density at radius 3 is 2.10 bits per heavy atom.